The van der Waals surface area contributed by atoms with Crippen molar-refractivity contribution in [2.75, 3.05) is 5.32 Å². The highest BCUT2D eigenvalue weighted by molar-refractivity contribution is 6.04. The molecular weight excluding hydrogens is 354 g/mol. The third kappa shape index (κ3) is 4.82. The third-order valence-corrected chi connectivity index (χ3v) is 4.01. The average molecular weight is 373 g/mol. The Hall–Kier alpha value is -3.93. The Labute approximate surface area is 162 Å². The Bertz CT molecular complexity index is 999. The van der Waals surface area contributed by atoms with Gasteiger partial charge in [0.15, 0.2) is 0 Å². The molecule has 0 radical (unpaired) electrons. The molecule has 6 nitrogen and oxygen atoms in total. The topological polar surface area (TPSA) is 87.3 Å². The zero-order valence-corrected chi connectivity index (χ0v) is 15.2. The van der Waals surface area contributed by atoms with E-state index in [0.29, 0.717) is 22.4 Å². The summed E-state index contributed by atoms with van der Waals surface area (Å²) in [5, 5.41) is 2.76. The molecule has 0 spiro atoms. The summed E-state index contributed by atoms with van der Waals surface area (Å²) in [5.41, 5.74) is 7.63. The van der Waals surface area contributed by atoms with E-state index in [-0.39, 0.29) is 5.91 Å². The third-order valence-electron chi connectivity index (χ3n) is 4.01. The van der Waals surface area contributed by atoms with Crippen LogP contribution in [0.2, 0.25) is 0 Å². The maximum absolute atomic E-state index is 12.2. The van der Waals surface area contributed by atoms with E-state index in [0.717, 1.165) is 5.56 Å². The first-order chi connectivity index (χ1) is 13.5. The van der Waals surface area contributed by atoms with Crippen LogP contribution in [0.25, 0.3) is 0 Å². The van der Waals surface area contributed by atoms with Crippen molar-refractivity contribution in [2.24, 2.45) is 0 Å². The summed E-state index contributed by atoms with van der Waals surface area (Å²) in [7, 11) is 0. The molecule has 140 valence electrons. The van der Waals surface area contributed by atoms with Crippen molar-refractivity contribution in [1.82, 2.24) is 10.9 Å². The molecule has 0 saturated carbocycles. The van der Waals surface area contributed by atoms with Crippen molar-refractivity contribution < 1.29 is 14.4 Å². The quantitative estimate of drug-likeness (QED) is 0.613. The van der Waals surface area contributed by atoms with Crippen molar-refractivity contribution in [3.05, 3.63) is 101 Å². The molecule has 0 saturated heterocycles. The summed E-state index contributed by atoms with van der Waals surface area (Å²) in [6, 6.07) is 22.3. The number of amides is 3. The van der Waals surface area contributed by atoms with Crippen molar-refractivity contribution in [3.8, 4) is 0 Å². The number of rotatable bonds is 4. The Morgan fingerprint density at radius 2 is 1.18 bits per heavy atom. The van der Waals surface area contributed by atoms with Gasteiger partial charge in [-0.3, -0.25) is 25.2 Å². The summed E-state index contributed by atoms with van der Waals surface area (Å²) in [6.45, 7) is 1.88. The molecule has 0 aliphatic heterocycles. The van der Waals surface area contributed by atoms with Crippen LogP contribution in [0.1, 0.15) is 36.6 Å². The zero-order valence-electron chi connectivity index (χ0n) is 15.2. The monoisotopic (exact) mass is 373 g/mol. The summed E-state index contributed by atoms with van der Waals surface area (Å²) in [5.74, 6) is -1.09. The number of hydrogen-bond donors (Lipinski definition) is 3. The second kappa shape index (κ2) is 8.64. The van der Waals surface area contributed by atoms with Crippen LogP contribution in [0.3, 0.4) is 0 Å². The Balaban J connectivity index is 1.56. The molecule has 0 fully saturated rings. The van der Waals surface area contributed by atoms with Crippen molar-refractivity contribution >= 4 is 23.4 Å². The molecule has 3 aromatic rings. The van der Waals surface area contributed by atoms with E-state index in [2.05, 4.69) is 16.2 Å². The van der Waals surface area contributed by atoms with Crippen LogP contribution in [0.15, 0.2) is 78.9 Å². The molecule has 0 heterocycles. The molecule has 3 rings (SSSR count). The molecule has 0 atom stereocenters. The summed E-state index contributed by atoms with van der Waals surface area (Å²) >= 11 is 0. The van der Waals surface area contributed by atoms with Crippen molar-refractivity contribution in [3.63, 3.8) is 0 Å². The number of aryl methyl sites for hydroxylation is 1. The van der Waals surface area contributed by atoms with Gasteiger partial charge in [0.1, 0.15) is 0 Å². The second-order valence-corrected chi connectivity index (χ2v) is 6.18. The average Bonchev–Trinajstić information content (AvgIpc) is 2.73. The maximum atomic E-state index is 12.2. The number of nitrogens with one attached hydrogen (secondary N) is 3. The normalized spacial score (nSPS) is 10.0. The molecule has 3 amide bonds. The van der Waals surface area contributed by atoms with Crippen molar-refractivity contribution in [1.29, 1.82) is 0 Å². The minimum Gasteiger partial charge on any atom is -0.322 e. The van der Waals surface area contributed by atoms with Crippen LogP contribution in [0.4, 0.5) is 5.69 Å². The predicted octanol–water partition coefficient (Wildman–Crippen LogP) is 3.32. The minimum absolute atomic E-state index is 0.233. The first-order valence-corrected chi connectivity index (χ1v) is 8.67. The summed E-state index contributed by atoms with van der Waals surface area (Å²) in [6.07, 6.45) is 0. The number of anilines is 1. The number of carbonyl (C=O) groups is 3. The lowest BCUT2D eigenvalue weighted by atomic mass is 10.1. The highest BCUT2D eigenvalue weighted by atomic mass is 16.2. The molecule has 0 aromatic heterocycles. The zero-order chi connectivity index (χ0) is 19.9. The largest absolute Gasteiger partial charge is 0.322 e. The molecular formula is C22H19N3O3. The van der Waals surface area contributed by atoms with Gasteiger partial charge in [-0.15, -0.1) is 0 Å². The van der Waals surface area contributed by atoms with E-state index in [1.165, 1.54) is 0 Å². The van der Waals surface area contributed by atoms with Crippen molar-refractivity contribution in [2.45, 2.75) is 6.92 Å². The first-order valence-electron chi connectivity index (χ1n) is 8.67. The second-order valence-electron chi connectivity index (χ2n) is 6.18. The molecule has 0 bridgehead atoms. The fourth-order valence-corrected chi connectivity index (χ4v) is 2.54. The van der Waals surface area contributed by atoms with Gasteiger partial charge in [-0.2, -0.15) is 0 Å². The maximum Gasteiger partial charge on any atom is 0.269 e. The molecule has 0 unspecified atom stereocenters. The Kier molecular flexibility index (Phi) is 5.81. The molecule has 28 heavy (non-hydrogen) atoms. The van der Waals surface area contributed by atoms with Gasteiger partial charge in [0, 0.05) is 22.4 Å². The van der Waals surface area contributed by atoms with E-state index >= 15 is 0 Å². The Morgan fingerprint density at radius 3 is 1.82 bits per heavy atom. The molecule has 0 aliphatic rings. The molecule has 3 N–H and O–H groups in total. The predicted molar refractivity (Wildman–Crippen MR) is 107 cm³/mol. The number of hydrazine groups is 1. The SMILES string of the molecule is Cc1cccc(C(=O)NNC(=O)c2ccc(NC(=O)c3ccccc3)cc2)c1. The standard InChI is InChI=1S/C22H19N3O3/c1-15-6-5-9-18(14-15)22(28)25-24-21(27)17-10-12-19(13-11-17)23-20(26)16-7-3-2-4-8-16/h2-14H,1H3,(H,23,26)(H,24,27)(H,25,28). The van der Waals surface area contributed by atoms with Gasteiger partial charge in [-0.1, -0.05) is 35.9 Å². The van der Waals surface area contributed by atoms with Crippen LogP contribution < -0.4 is 16.2 Å². The van der Waals surface area contributed by atoms with E-state index < -0.39 is 11.8 Å². The van der Waals surface area contributed by atoms with Crippen LogP contribution in [0.5, 0.6) is 0 Å². The highest BCUT2D eigenvalue weighted by Crippen LogP contribution is 2.11. The highest BCUT2D eigenvalue weighted by Gasteiger charge is 2.10. The van der Waals surface area contributed by atoms with E-state index in [1.807, 2.05) is 19.1 Å². The molecule has 0 aliphatic carbocycles. The fraction of sp³-hybridized carbons (Fsp3) is 0.0455. The smallest absolute Gasteiger partial charge is 0.269 e. The lowest BCUT2D eigenvalue weighted by Crippen LogP contribution is -2.41. The number of carbonyl (C=O) groups excluding carboxylic acids is 3. The van der Waals surface area contributed by atoms with Crippen LogP contribution in [-0.4, -0.2) is 17.7 Å². The van der Waals surface area contributed by atoms with Gasteiger partial charge in [-0.25, -0.2) is 0 Å². The molecule has 3 aromatic carbocycles. The fourth-order valence-electron chi connectivity index (χ4n) is 2.54. The van der Waals surface area contributed by atoms with Gasteiger partial charge in [0.05, 0.1) is 0 Å². The van der Waals surface area contributed by atoms with Gasteiger partial charge in [0.2, 0.25) is 0 Å². The van der Waals surface area contributed by atoms with Gasteiger partial charge < -0.3 is 5.32 Å². The van der Waals surface area contributed by atoms with Gasteiger partial charge in [-0.05, 0) is 55.5 Å². The van der Waals surface area contributed by atoms with Crippen LogP contribution in [0, 0.1) is 6.92 Å². The lowest BCUT2D eigenvalue weighted by molar-refractivity contribution is 0.0846. The Morgan fingerprint density at radius 1 is 0.607 bits per heavy atom. The van der Waals surface area contributed by atoms with Gasteiger partial charge in [0.25, 0.3) is 17.7 Å². The first kappa shape index (κ1) is 18.8. The van der Waals surface area contributed by atoms with E-state index in [4.69, 9.17) is 0 Å². The summed E-state index contributed by atoms with van der Waals surface area (Å²) < 4.78 is 0. The molecule has 6 heteroatoms. The number of hydrogen-bond acceptors (Lipinski definition) is 3. The van der Waals surface area contributed by atoms with E-state index in [9.17, 15) is 14.4 Å². The van der Waals surface area contributed by atoms with Crippen LogP contribution in [-0.2, 0) is 0 Å². The summed E-state index contributed by atoms with van der Waals surface area (Å²) in [4.78, 5) is 36.4. The van der Waals surface area contributed by atoms with Gasteiger partial charge >= 0.3 is 0 Å². The minimum atomic E-state index is -0.457. The number of benzene rings is 3. The lowest BCUT2D eigenvalue weighted by Gasteiger charge is -2.09. The van der Waals surface area contributed by atoms with E-state index in [1.54, 1.807) is 66.7 Å². The van der Waals surface area contributed by atoms with Crippen LogP contribution >= 0.6 is 0 Å².